The molecule has 1 aromatic rings. The second-order valence-corrected chi connectivity index (χ2v) is 5.64. The second kappa shape index (κ2) is 10.8. The molecule has 0 aliphatic heterocycles. The highest BCUT2D eigenvalue weighted by molar-refractivity contribution is 7.98. The lowest BCUT2D eigenvalue weighted by Crippen LogP contribution is -2.40. The summed E-state index contributed by atoms with van der Waals surface area (Å²) in [6.07, 6.45) is 2.70. The molecule has 0 radical (unpaired) electrons. The Balaban J connectivity index is 0.00000400. The number of carbonyl (C=O) groups is 1. The molecule has 0 spiro atoms. The smallest absolute Gasteiger partial charge is 0.237 e. The summed E-state index contributed by atoms with van der Waals surface area (Å²) in [6.45, 7) is 5.02. The van der Waals surface area contributed by atoms with Crippen LogP contribution in [0.1, 0.15) is 24.5 Å². The standard InChI is InChI=1S/C15H24N2O2S.ClH/c1-4-19-14-9-11(2)5-6-12(14)10-17-15(18)13(16)7-8-20-3;/h5-6,9,13H,4,7-8,10,16H2,1-3H3,(H,17,18);1H/t13-;/m0./s1. The normalized spacial score (nSPS) is 11.4. The first-order valence-electron chi connectivity index (χ1n) is 6.83. The van der Waals surface area contributed by atoms with E-state index in [4.69, 9.17) is 10.5 Å². The first-order valence-corrected chi connectivity index (χ1v) is 8.22. The molecule has 1 atom stereocenters. The van der Waals surface area contributed by atoms with E-state index in [0.717, 1.165) is 22.6 Å². The van der Waals surface area contributed by atoms with Gasteiger partial charge in [-0.1, -0.05) is 12.1 Å². The molecule has 1 amide bonds. The average Bonchev–Trinajstić information content (AvgIpc) is 2.43. The van der Waals surface area contributed by atoms with Crippen molar-refractivity contribution in [2.24, 2.45) is 5.73 Å². The zero-order valence-electron chi connectivity index (χ0n) is 12.8. The van der Waals surface area contributed by atoms with E-state index in [9.17, 15) is 4.79 Å². The number of rotatable bonds is 8. The number of hydrogen-bond acceptors (Lipinski definition) is 4. The Hall–Kier alpha value is -0.910. The van der Waals surface area contributed by atoms with E-state index in [-0.39, 0.29) is 18.3 Å². The molecular formula is C15H25ClN2O2S. The summed E-state index contributed by atoms with van der Waals surface area (Å²) < 4.78 is 5.59. The number of benzene rings is 1. The zero-order valence-corrected chi connectivity index (χ0v) is 14.5. The van der Waals surface area contributed by atoms with Gasteiger partial charge in [-0.15, -0.1) is 12.4 Å². The molecule has 0 aliphatic rings. The van der Waals surface area contributed by atoms with Crippen molar-refractivity contribution in [3.05, 3.63) is 29.3 Å². The largest absolute Gasteiger partial charge is 0.494 e. The molecule has 0 unspecified atom stereocenters. The van der Waals surface area contributed by atoms with Crippen molar-refractivity contribution in [3.63, 3.8) is 0 Å². The number of nitrogens with one attached hydrogen (secondary N) is 1. The molecule has 1 aromatic carbocycles. The molecule has 0 aromatic heterocycles. The Kier molecular flexibility index (Phi) is 10.3. The summed E-state index contributed by atoms with van der Waals surface area (Å²) in [5, 5.41) is 2.87. The van der Waals surface area contributed by atoms with E-state index >= 15 is 0 Å². The molecule has 3 N–H and O–H groups in total. The van der Waals surface area contributed by atoms with Crippen molar-refractivity contribution in [2.75, 3.05) is 18.6 Å². The van der Waals surface area contributed by atoms with E-state index < -0.39 is 6.04 Å². The van der Waals surface area contributed by atoms with Crippen LogP contribution in [-0.2, 0) is 11.3 Å². The lowest BCUT2D eigenvalue weighted by Gasteiger charge is -2.14. The first kappa shape index (κ1) is 20.1. The van der Waals surface area contributed by atoms with Gasteiger partial charge in [0.05, 0.1) is 12.6 Å². The predicted molar refractivity (Wildman–Crippen MR) is 92.4 cm³/mol. The Labute approximate surface area is 137 Å². The van der Waals surface area contributed by atoms with E-state index in [2.05, 4.69) is 5.32 Å². The van der Waals surface area contributed by atoms with Crippen LogP contribution in [0.2, 0.25) is 0 Å². The molecule has 21 heavy (non-hydrogen) atoms. The fraction of sp³-hybridized carbons (Fsp3) is 0.533. The fourth-order valence-corrected chi connectivity index (χ4v) is 2.28. The zero-order chi connectivity index (χ0) is 15.0. The SMILES string of the molecule is CCOc1cc(C)ccc1CNC(=O)[C@@H](N)CCSC.Cl. The van der Waals surface area contributed by atoms with Gasteiger partial charge in [0.1, 0.15) is 5.75 Å². The van der Waals surface area contributed by atoms with Crippen LogP contribution in [0.4, 0.5) is 0 Å². The van der Waals surface area contributed by atoms with Crippen molar-refractivity contribution in [3.8, 4) is 5.75 Å². The molecule has 1 rings (SSSR count). The summed E-state index contributed by atoms with van der Waals surface area (Å²) in [7, 11) is 0. The van der Waals surface area contributed by atoms with Crippen molar-refractivity contribution < 1.29 is 9.53 Å². The van der Waals surface area contributed by atoms with E-state index in [0.29, 0.717) is 19.6 Å². The van der Waals surface area contributed by atoms with Crippen molar-refractivity contribution >= 4 is 30.1 Å². The highest BCUT2D eigenvalue weighted by Gasteiger charge is 2.13. The first-order chi connectivity index (χ1) is 9.58. The Bertz CT molecular complexity index is 444. The molecule has 0 heterocycles. The molecule has 0 fully saturated rings. The third-order valence-corrected chi connectivity index (χ3v) is 3.59. The third kappa shape index (κ3) is 7.07. The Morgan fingerprint density at radius 1 is 1.48 bits per heavy atom. The summed E-state index contributed by atoms with van der Waals surface area (Å²) >= 11 is 1.69. The van der Waals surface area contributed by atoms with Gasteiger partial charge in [-0.2, -0.15) is 11.8 Å². The number of hydrogen-bond donors (Lipinski definition) is 2. The van der Waals surface area contributed by atoms with Crippen molar-refractivity contribution in [1.29, 1.82) is 0 Å². The van der Waals surface area contributed by atoms with Gasteiger partial charge < -0.3 is 15.8 Å². The van der Waals surface area contributed by atoms with Gasteiger partial charge in [0, 0.05) is 12.1 Å². The van der Waals surface area contributed by atoms with Crippen molar-refractivity contribution in [2.45, 2.75) is 32.9 Å². The van der Waals surface area contributed by atoms with Crippen LogP contribution in [0.25, 0.3) is 0 Å². The number of amides is 1. The minimum atomic E-state index is -0.441. The summed E-state index contributed by atoms with van der Waals surface area (Å²) in [6, 6.07) is 5.54. The van der Waals surface area contributed by atoms with E-state index in [1.54, 1.807) is 11.8 Å². The van der Waals surface area contributed by atoms with Crippen LogP contribution in [0.5, 0.6) is 5.75 Å². The molecule has 0 aliphatic carbocycles. The van der Waals surface area contributed by atoms with Gasteiger partial charge in [0.15, 0.2) is 0 Å². The van der Waals surface area contributed by atoms with Gasteiger partial charge in [-0.05, 0) is 43.9 Å². The third-order valence-electron chi connectivity index (χ3n) is 2.95. The molecule has 120 valence electrons. The summed E-state index contributed by atoms with van der Waals surface area (Å²) in [4.78, 5) is 11.9. The van der Waals surface area contributed by atoms with Gasteiger partial charge in [-0.25, -0.2) is 0 Å². The maximum atomic E-state index is 11.9. The summed E-state index contributed by atoms with van der Waals surface area (Å²) in [5.74, 6) is 1.61. The summed E-state index contributed by atoms with van der Waals surface area (Å²) in [5.41, 5.74) is 7.95. The molecular weight excluding hydrogens is 308 g/mol. The topological polar surface area (TPSA) is 64.3 Å². The van der Waals surface area contributed by atoms with Crippen LogP contribution < -0.4 is 15.8 Å². The molecule has 0 bridgehead atoms. The number of aryl methyl sites for hydroxylation is 1. The lowest BCUT2D eigenvalue weighted by atomic mass is 10.1. The number of nitrogens with two attached hydrogens (primary N) is 1. The number of thioether (sulfide) groups is 1. The van der Waals surface area contributed by atoms with Crippen LogP contribution in [0.15, 0.2) is 18.2 Å². The predicted octanol–water partition coefficient (Wildman–Crippen LogP) is 2.51. The quantitative estimate of drug-likeness (QED) is 0.767. The van der Waals surface area contributed by atoms with Gasteiger partial charge in [0.2, 0.25) is 5.91 Å². The number of ether oxygens (including phenoxy) is 1. The van der Waals surface area contributed by atoms with Crippen LogP contribution in [0, 0.1) is 6.92 Å². The Morgan fingerprint density at radius 2 is 2.19 bits per heavy atom. The van der Waals surface area contributed by atoms with Gasteiger partial charge >= 0.3 is 0 Å². The minimum absolute atomic E-state index is 0. The van der Waals surface area contributed by atoms with Crippen molar-refractivity contribution in [1.82, 2.24) is 5.32 Å². The second-order valence-electron chi connectivity index (χ2n) is 4.65. The average molecular weight is 333 g/mol. The highest BCUT2D eigenvalue weighted by atomic mass is 35.5. The maximum Gasteiger partial charge on any atom is 0.237 e. The molecule has 0 saturated carbocycles. The molecule has 6 heteroatoms. The fourth-order valence-electron chi connectivity index (χ4n) is 1.79. The number of carbonyl (C=O) groups excluding carboxylic acids is 1. The van der Waals surface area contributed by atoms with Gasteiger partial charge in [-0.3, -0.25) is 4.79 Å². The Morgan fingerprint density at radius 3 is 2.81 bits per heavy atom. The van der Waals surface area contributed by atoms with Crippen LogP contribution in [-0.4, -0.2) is 30.6 Å². The van der Waals surface area contributed by atoms with Gasteiger partial charge in [0.25, 0.3) is 0 Å². The molecule has 0 saturated heterocycles. The lowest BCUT2D eigenvalue weighted by molar-refractivity contribution is -0.122. The number of halogens is 1. The van der Waals surface area contributed by atoms with Crippen LogP contribution >= 0.6 is 24.2 Å². The van der Waals surface area contributed by atoms with Crippen LogP contribution in [0.3, 0.4) is 0 Å². The molecule has 4 nitrogen and oxygen atoms in total. The van der Waals surface area contributed by atoms with E-state index in [1.165, 1.54) is 0 Å². The van der Waals surface area contributed by atoms with E-state index in [1.807, 2.05) is 38.3 Å². The monoisotopic (exact) mass is 332 g/mol. The maximum absolute atomic E-state index is 11.9. The minimum Gasteiger partial charge on any atom is -0.494 e. The highest BCUT2D eigenvalue weighted by Crippen LogP contribution is 2.20.